The maximum atomic E-state index is 13.6. The molecular weight excluding hydrogens is 404 g/mol. The number of nitrogens with one attached hydrogen (secondary N) is 2. The average molecular weight is 426 g/mol. The molecule has 2 aromatic carbocycles. The predicted molar refractivity (Wildman–Crippen MR) is 102 cm³/mol. The van der Waals surface area contributed by atoms with Crippen molar-refractivity contribution in [1.82, 2.24) is 4.31 Å². The van der Waals surface area contributed by atoms with Crippen LogP contribution < -0.4 is 15.0 Å². The van der Waals surface area contributed by atoms with E-state index in [4.69, 9.17) is 4.74 Å². The van der Waals surface area contributed by atoms with Crippen LogP contribution in [0.25, 0.3) is 0 Å². The van der Waals surface area contributed by atoms with Gasteiger partial charge in [-0.05, 0) is 36.4 Å². The molecule has 0 aromatic heterocycles. The number of quaternary nitrogens is 1. The molecule has 0 aliphatic carbocycles. The molecule has 2 N–H and O–H groups in total. The minimum absolute atomic E-state index is 0.0627. The minimum Gasteiger partial charge on any atom is -0.497 e. The molecule has 0 saturated carbocycles. The lowest BCUT2D eigenvalue weighted by atomic mass is 10.3. The zero-order valence-corrected chi connectivity index (χ0v) is 16.6. The number of hydrogen-bond donors (Lipinski definition) is 2. The van der Waals surface area contributed by atoms with Crippen molar-refractivity contribution in [2.24, 2.45) is 0 Å². The third kappa shape index (κ3) is 5.08. The summed E-state index contributed by atoms with van der Waals surface area (Å²) in [6.07, 6.45) is 0. The van der Waals surface area contributed by atoms with E-state index in [0.29, 0.717) is 24.9 Å². The smallest absolute Gasteiger partial charge is 0.279 e. The number of benzene rings is 2. The number of anilines is 1. The quantitative estimate of drug-likeness (QED) is 0.705. The Kier molecular flexibility index (Phi) is 6.46. The van der Waals surface area contributed by atoms with Crippen LogP contribution in [0.4, 0.5) is 14.5 Å². The highest BCUT2D eigenvalue weighted by Gasteiger charge is 2.31. The van der Waals surface area contributed by atoms with E-state index >= 15 is 0 Å². The molecule has 29 heavy (non-hydrogen) atoms. The molecule has 7 nitrogen and oxygen atoms in total. The Morgan fingerprint density at radius 3 is 2.38 bits per heavy atom. The molecule has 0 bridgehead atoms. The number of carbonyl (C=O) groups excluding carboxylic acids is 1. The van der Waals surface area contributed by atoms with Crippen molar-refractivity contribution in [3.05, 3.63) is 54.1 Å². The summed E-state index contributed by atoms with van der Waals surface area (Å²) in [4.78, 5) is 13.2. The van der Waals surface area contributed by atoms with Gasteiger partial charge in [0.2, 0.25) is 10.0 Å². The first-order chi connectivity index (χ1) is 13.8. The molecule has 10 heteroatoms. The van der Waals surface area contributed by atoms with Crippen LogP contribution >= 0.6 is 0 Å². The molecule has 0 atom stereocenters. The molecular formula is C19H22F2N3O4S+. The number of hydrogen-bond acceptors (Lipinski definition) is 4. The van der Waals surface area contributed by atoms with Crippen molar-refractivity contribution in [3.8, 4) is 5.75 Å². The van der Waals surface area contributed by atoms with E-state index in [0.717, 1.165) is 17.0 Å². The molecule has 1 aliphatic rings. The van der Waals surface area contributed by atoms with E-state index in [1.54, 1.807) is 12.1 Å². The fourth-order valence-electron chi connectivity index (χ4n) is 3.13. The van der Waals surface area contributed by atoms with Gasteiger partial charge in [-0.25, -0.2) is 17.2 Å². The number of carbonyl (C=O) groups is 1. The summed E-state index contributed by atoms with van der Waals surface area (Å²) in [7, 11) is -2.11. The highest BCUT2D eigenvalue weighted by Crippen LogP contribution is 2.19. The van der Waals surface area contributed by atoms with Gasteiger partial charge in [0.1, 0.15) is 17.4 Å². The summed E-state index contributed by atoms with van der Waals surface area (Å²) in [5.74, 6) is -1.41. The zero-order chi connectivity index (χ0) is 21.0. The normalized spacial score (nSPS) is 15.8. The van der Waals surface area contributed by atoms with E-state index in [2.05, 4.69) is 5.32 Å². The third-order valence-electron chi connectivity index (χ3n) is 4.74. The van der Waals surface area contributed by atoms with Crippen molar-refractivity contribution in [3.63, 3.8) is 0 Å². The number of nitrogens with zero attached hydrogens (tertiary/aromatic N) is 1. The van der Waals surface area contributed by atoms with Gasteiger partial charge in [-0.15, -0.1) is 0 Å². The maximum absolute atomic E-state index is 13.6. The fraction of sp³-hybridized carbons (Fsp3) is 0.316. The van der Waals surface area contributed by atoms with Crippen LogP contribution in [0.3, 0.4) is 0 Å². The lowest BCUT2D eigenvalue weighted by Gasteiger charge is -2.31. The molecule has 0 unspecified atom stereocenters. The van der Waals surface area contributed by atoms with Gasteiger partial charge >= 0.3 is 0 Å². The van der Waals surface area contributed by atoms with Crippen molar-refractivity contribution < 1.29 is 31.6 Å². The van der Waals surface area contributed by atoms with E-state index in [1.165, 1.54) is 23.5 Å². The van der Waals surface area contributed by atoms with Gasteiger partial charge in [0.05, 0.1) is 43.9 Å². The second-order valence-electron chi connectivity index (χ2n) is 6.68. The molecule has 1 amide bonds. The van der Waals surface area contributed by atoms with E-state index in [1.807, 2.05) is 0 Å². The molecule has 0 radical (unpaired) electrons. The first-order valence-corrected chi connectivity index (χ1v) is 10.5. The molecule has 2 aromatic rings. The number of amides is 1. The van der Waals surface area contributed by atoms with Gasteiger partial charge in [-0.3, -0.25) is 4.79 Å². The zero-order valence-electron chi connectivity index (χ0n) is 15.8. The molecule has 0 spiro atoms. The van der Waals surface area contributed by atoms with E-state index < -0.39 is 27.6 Å². The van der Waals surface area contributed by atoms with Crippen LogP contribution in [-0.4, -0.2) is 58.5 Å². The topological polar surface area (TPSA) is 80.2 Å². The molecule has 3 rings (SSSR count). The molecule has 156 valence electrons. The summed E-state index contributed by atoms with van der Waals surface area (Å²) in [5.41, 5.74) is -0.0866. The largest absolute Gasteiger partial charge is 0.497 e. The van der Waals surface area contributed by atoms with Crippen LogP contribution in [0.2, 0.25) is 0 Å². The van der Waals surface area contributed by atoms with Crippen LogP contribution in [0.1, 0.15) is 0 Å². The predicted octanol–water partition coefficient (Wildman–Crippen LogP) is 0.501. The first kappa shape index (κ1) is 21.2. The number of halogens is 2. The maximum Gasteiger partial charge on any atom is 0.279 e. The number of ether oxygens (including phenoxy) is 1. The third-order valence-corrected chi connectivity index (χ3v) is 6.66. The number of rotatable bonds is 6. The van der Waals surface area contributed by atoms with Gasteiger partial charge in [-0.2, -0.15) is 4.31 Å². The minimum atomic E-state index is -3.62. The molecule has 1 saturated heterocycles. The van der Waals surface area contributed by atoms with Crippen LogP contribution in [-0.2, 0) is 14.8 Å². The fourth-order valence-corrected chi connectivity index (χ4v) is 4.57. The van der Waals surface area contributed by atoms with Crippen molar-refractivity contribution in [2.75, 3.05) is 45.2 Å². The molecule has 1 heterocycles. The van der Waals surface area contributed by atoms with E-state index in [-0.39, 0.29) is 30.2 Å². The second-order valence-corrected chi connectivity index (χ2v) is 8.62. The summed E-state index contributed by atoms with van der Waals surface area (Å²) < 4.78 is 58.5. The Morgan fingerprint density at radius 1 is 1.14 bits per heavy atom. The van der Waals surface area contributed by atoms with Crippen LogP contribution in [0, 0.1) is 11.6 Å². The number of piperazine rings is 1. The van der Waals surface area contributed by atoms with Crippen molar-refractivity contribution >= 4 is 21.6 Å². The Labute approximate surface area is 167 Å². The van der Waals surface area contributed by atoms with Crippen LogP contribution in [0.5, 0.6) is 5.75 Å². The summed E-state index contributed by atoms with van der Waals surface area (Å²) in [5, 5.41) is 2.42. The lowest BCUT2D eigenvalue weighted by molar-refractivity contribution is -0.895. The van der Waals surface area contributed by atoms with Crippen molar-refractivity contribution in [1.29, 1.82) is 0 Å². The van der Waals surface area contributed by atoms with Gasteiger partial charge in [-0.1, -0.05) is 0 Å². The first-order valence-electron chi connectivity index (χ1n) is 9.02. The van der Waals surface area contributed by atoms with Gasteiger partial charge in [0.15, 0.2) is 6.54 Å². The highest BCUT2D eigenvalue weighted by atomic mass is 32.2. The Balaban J connectivity index is 1.54. The summed E-state index contributed by atoms with van der Waals surface area (Å²) in [6.45, 7) is 1.47. The highest BCUT2D eigenvalue weighted by molar-refractivity contribution is 7.89. The Hall–Kier alpha value is -2.56. The lowest BCUT2D eigenvalue weighted by Crippen LogP contribution is -3.15. The standard InChI is InChI=1S/C19H21F2N3O4S/c1-28-15-3-5-16(6-4-15)29(26,27)24-10-8-23(9-11-24)13-19(25)22-18-7-2-14(20)12-17(18)21/h2-7,12H,8-11,13H2,1H3,(H,22,25)/p+1. The number of sulfonamides is 1. The monoisotopic (exact) mass is 426 g/mol. The second kappa shape index (κ2) is 8.85. The Bertz CT molecular complexity index is 975. The molecule has 1 fully saturated rings. The SMILES string of the molecule is COc1ccc(S(=O)(=O)N2CC[NH+](CC(=O)Nc3ccc(F)cc3F)CC2)cc1. The van der Waals surface area contributed by atoms with Gasteiger partial charge in [0, 0.05) is 6.07 Å². The van der Waals surface area contributed by atoms with Crippen molar-refractivity contribution in [2.45, 2.75) is 4.90 Å². The van der Waals surface area contributed by atoms with Gasteiger partial charge < -0.3 is 15.0 Å². The average Bonchev–Trinajstić information content (AvgIpc) is 2.70. The summed E-state index contributed by atoms with van der Waals surface area (Å²) in [6, 6.07) is 9.10. The van der Waals surface area contributed by atoms with Crippen LogP contribution in [0.15, 0.2) is 47.4 Å². The Morgan fingerprint density at radius 2 is 1.79 bits per heavy atom. The number of methoxy groups -OCH3 is 1. The molecule has 1 aliphatic heterocycles. The summed E-state index contributed by atoms with van der Waals surface area (Å²) >= 11 is 0. The van der Waals surface area contributed by atoms with E-state index in [9.17, 15) is 22.0 Å². The van der Waals surface area contributed by atoms with Gasteiger partial charge in [0.25, 0.3) is 5.91 Å².